The van der Waals surface area contributed by atoms with E-state index in [4.69, 9.17) is 0 Å². The Hall–Kier alpha value is -1.57. The first-order chi connectivity index (χ1) is 7.72. The Balaban J connectivity index is 3.12. The number of rotatable bonds is 4. The molecular weight excluding hydrogens is 196 g/mol. The Morgan fingerprint density at radius 2 is 1.94 bits per heavy atom. The lowest BCUT2D eigenvalue weighted by molar-refractivity contribution is 1.11. The van der Waals surface area contributed by atoms with Crippen molar-refractivity contribution in [2.45, 2.75) is 20.3 Å². The van der Waals surface area contributed by atoms with Crippen LogP contribution in [0.5, 0.6) is 0 Å². The summed E-state index contributed by atoms with van der Waals surface area (Å²) in [6.07, 6.45) is 2.99. The monoisotopic (exact) mass is 216 g/mol. The van der Waals surface area contributed by atoms with E-state index in [1.807, 2.05) is 20.3 Å². The summed E-state index contributed by atoms with van der Waals surface area (Å²) < 4.78 is 0. The maximum atomic E-state index is 4.13. The molecule has 0 aliphatic rings. The molecule has 1 rings (SSSR count). The van der Waals surface area contributed by atoms with Crippen LogP contribution in [0.2, 0.25) is 0 Å². The molecule has 0 atom stereocenters. The van der Waals surface area contributed by atoms with Crippen LogP contribution in [0.1, 0.15) is 25.8 Å². The fourth-order valence-corrected chi connectivity index (χ4v) is 1.57. The smallest absolute Gasteiger partial charge is 0.0337 e. The summed E-state index contributed by atoms with van der Waals surface area (Å²) in [5, 5.41) is 3.12. The zero-order chi connectivity index (χ0) is 12.0. The highest BCUT2D eigenvalue weighted by atomic mass is 14.8. The van der Waals surface area contributed by atoms with Crippen LogP contribution in [0, 0.1) is 0 Å². The van der Waals surface area contributed by atoms with Gasteiger partial charge < -0.3 is 5.32 Å². The lowest BCUT2D eigenvalue weighted by Crippen LogP contribution is -1.92. The van der Waals surface area contributed by atoms with Crippen LogP contribution in [0.3, 0.4) is 0 Å². The van der Waals surface area contributed by atoms with Crippen molar-refractivity contribution < 1.29 is 0 Å². The minimum atomic E-state index is 1.05. The molecule has 0 amide bonds. The molecule has 0 saturated heterocycles. The van der Waals surface area contributed by atoms with E-state index < -0.39 is 0 Å². The molecule has 0 unspecified atom stereocenters. The number of nitrogens with one attached hydrogen (secondary N) is 1. The predicted octanol–water partition coefficient (Wildman–Crippen LogP) is 3.61. The first kappa shape index (κ1) is 12.5. The number of anilines is 1. The second-order valence-electron chi connectivity index (χ2n) is 3.76. The van der Waals surface area contributed by atoms with Gasteiger partial charge in [-0.25, -0.2) is 0 Å². The third-order valence-corrected chi connectivity index (χ3v) is 2.73. The van der Waals surface area contributed by atoms with Gasteiger partial charge in [-0.1, -0.05) is 24.6 Å². The number of benzene rings is 1. The van der Waals surface area contributed by atoms with Crippen LogP contribution >= 0.6 is 0 Å². The third-order valence-electron chi connectivity index (χ3n) is 2.73. The van der Waals surface area contributed by atoms with Gasteiger partial charge in [0.1, 0.15) is 0 Å². The van der Waals surface area contributed by atoms with Crippen LogP contribution in [-0.4, -0.2) is 20.3 Å². The number of hydrogen-bond acceptors (Lipinski definition) is 2. The second-order valence-corrected chi connectivity index (χ2v) is 3.76. The topological polar surface area (TPSA) is 24.4 Å². The molecule has 0 heterocycles. The van der Waals surface area contributed by atoms with Gasteiger partial charge in [0, 0.05) is 26.0 Å². The van der Waals surface area contributed by atoms with Crippen molar-refractivity contribution in [1.29, 1.82) is 0 Å². The molecule has 0 aromatic heterocycles. The predicted molar refractivity (Wildman–Crippen MR) is 73.3 cm³/mol. The summed E-state index contributed by atoms with van der Waals surface area (Å²) in [6, 6.07) is 8.42. The molecule has 0 bridgehead atoms. The van der Waals surface area contributed by atoms with Crippen LogP contribution in [0.25, 0.3) is 5.57 Å². The maximum absolute atomic E-state index is 4.13. The molecule has 2 heteroatoms. The van der Waals surface area contributed by atoms with Crippen LogP contribution in [-0.2, 0) is 0 Å². The van der Waals surface area contributed by atoms with Gasteiger partial charge in [0.25, 0.3) is 0 Å². The van der Waals surface area contributed by atoms with Crippen molar-refractivity contribution in [2.75, 3.05) is 19.4 Å². The molecule has 86 valence electrons. The number of aliphatic imine (C=N–C) groups is 1. The van der Waals surface area contributed by atoms with E-state index in [-0.39, 0.29) is 0 Å². The average Bonchev–Trinajstić information content (AvgIpc) is 2.35. The van der Waals surface area contributed by atoms with Crippen molar-refractivity contribution in [2.24, 2.45) is 4.99 Å². The highest BCUT2D eigenvalue weighted by molar-refractivity contribution is 6.10. The lowest BCUT2D eigenvalue weighted by Gasteiger charge is -2.08. The van der Waals surface area contributed by atoms with Gasteiger partial charge in [0.05, 0.1) is 0 Å². The third kappa shape index (κ3) is 2.96. The Bertz CT molecular complexity index is 386. The molecule has 0 fully saturated rings. The number of hydrogen-bond donors (Lipinski definition) is 1. The number of nitrogens with zero attached hydrogens (tertiary/aromatic N) is 1. The van der Waals surface area contributed by atoms with Crippen molar-refractivity contribution in [3.63, 3.8) is 0 Å². The van der Waals surface area contributed by atoms with Crippen LogP contribution < -0.4 is 5.32 Å². The highest BCUT2D eigenvalue weighted by Gasteiger charge is 2.02. The second kappa shape index (κ2) is 6.11. The minimum absolute atomic E-state index is 1.05. The van der Waals surface area contributed by atoms with E-state index in [0.29, 0.717) is 0 Å². The summed E-state index contributed by atoms with van der Waals surface area (Å²) in [5.74, 6) is 0. The Morgan fingerprint density at radius 3 is 2.38 bits per heavy atom. The molecule has 0 aliphatic heterocycles. The molecule has 0 spiro atoms. The molecule has 1 aromatic carbocycles. The molecule has 0 saturated carbocycles. The van der Waals surface area contributed by atoms with Crippen LogP contribution in [0.4, 0.5) is 5.69 Å². The van der Waals surface area contributed by atoms with E-state index in [2.05, 4.69) is 48.4 Å². The van der Waals surface area contributed by atoms with Crippen molar-refractivity contribution >= 4 is 17.5 Å². The summed E-state index contributed by atoms with van der Waals surface area (Å²) in [6.45, 7) is 4.32. The quantitative estimate of drug-likeness (QED) is 0.764. The van der Waals surface area contributed by atoms with Crippen molar-refractivity contribution in [3.05, 3.63) is 35.4 Å². The average molecular weight is 216 g/mol. The Kier molecular flexibility index (Phi) is 4.77. The van der Waals surface area contributed by atoms with E-state index in [9.17, 15) is 0 Å². The normalized spacial score (nSPS) is 12.8. The minimum Gasteiger partial charge on any atom is -0.388 e. The fourth-order valence-electron chi connectivity index (χ4n) is 1.57. The van der Waals surface area contributed by atoms with Gasteiger partial charge in [0.15, 0.2) is 0 Å². The molecule has 2 nitrogen and oxygen atoms in total. The van der Waals surface area contributed by atoms with E-state index >= 15 is 0 Å². The van der Waals surface area contributed by atoms with Crippen molar-refractivity contribution in [3.8, 4) is 0 Å². The molecule has 1 N–H and O–H groups in total. The van der Waals surface area contributed by atoms with Crippen LogP contribution in [0.15, 0.2) is 34.8 Å². The lowest BCUT2D eigenvalue weighted by atomic mass is 10.00. The zero-order valence-corrected chi connectivity index (χ0v) is 10.5. The van der Waals surface area contributed by atoms with Gasteiger partial charge in [-0.05, 0) is 36.6 Å². The summed E-state index contributed by atoms with van der Waals surface area (Å²) in [5.41, 5.74) is 4.95. The van der Waals surface area contributed by atoms with Gasteiger partial charge in [-0.2, -0.15) is 0 Å². The first-order valence-corrected chi connectivity index (χ1v) is 5.63. The Labute approximate surface area is 98.1 Å². The van der Waals surface area contributed by atoms with E-state index in [1.54, 1.807) is 0 Å². The summed E-state index contributed by atoms with van der Waals surface area (Å²) in [7, 11) is 3.74. The van der Waals surface area contributed by atoms with Gasteiger partial charge in [-0.3, -0.25) is 4.99 Å². The SMILES string of the molecule is CC/C(C)=C(\C=NC)c1ccc(NC)cc1. The molecular formula is C14H20N2. The van der Waals surface area contributed by atoms with Gasteiger partial charge in [-0.15, -0.1) is 0 Å². The van der Waals surface area contributed by atoms with Gasteiger partial charge >= 0.3 is 0 Å². The van der Waals surface area contributed by atoms with E-state index in [1.165, 1.54) is 16.7 Å². The highest BCUT2D eigenvalue weighted by Crippen LogP contribution is 2.20. The van der Waals surface area contributed by atoms with Gasteiger partial charge in [0.2, 0.25) is 0 Å². The summed E-state index contributed by atoms with van der Waals surface area (Å²) >= 11 is 0. The fraction of sp³-hybridized carbons (Fsp3) is 0.357. The van der Waals surface area contributed by atoms with Crippen molar-refractivity contribution in [1.82, 2.24) is 0 Å². The maximum Gasteiger partial charge on any atom is 0.0337 e. The summed E-state index contributed by atoms with van der Waals surface area (Å²) in [4.78, 5) is 4.13. The molecule has 16 heavy (non-hydrogen) atoms. The zero-order valence-electron chi connectivity index (χ0n) is 10.5. The molecule has 0 aliphatic carbocycles. The molecule has 1 aromatic rings. The largest absolute Gasteiger partial charge is 0.388 e. The Morgan fingerprint density at radius 1 is 1.31 bits per heavy atom. The molecule has 0 radical (unpaired) electrons. The standard InChI is InChI=1S/C14H20N2/c1-5-11(2)14(10-15-3)12-6-8-13(16-4)9-7-12/h6-10,16H,5H2,1-4H3/b14-11+,15-10?. The first-order valence-electron chi connectivity index (χ1n) is 5.63. The van der Waals surface area contributed by atoms with E-state index in [0.717, 1.165) is 12.1 Å². The number of allylic oxidation sites excluding steroid dienone is 2.